The van der Waals surface area contributed by atoms with Crippen LogP contribution in [-0.4, -0.2) is 16.6 Å². The van der Waals surface area contributed by atoms with Gasteiger partial charge in [-0.25, -0.2) is 4.98 Å². The molecule has 0 bridgehead atoms. The van der Waals surface area contributed by atoms with Gasteiger partial charge in [-0.1, -0.05) is 0 Å². The van der Waals surface area contributed by atoms with Gasteiger partial charge in [0.1, 0.15) is 0 Å². The van der Waals surface area contributed by atoms with Crippen molar-refractivity contribution in [2.24, 2.45) is 0 Å². The third-order valence-electron chi connectivity index (χ3n) is 3.25. The summed E-state index contributed by atoms with van der Waals surface area (Å²) in [6.07, 6.45) is 3.32. The van der Waals surface area contributed by atoms with Crippen molar-refractivity contribution in [3.63, 3.8) is 0 Å². The van der Waals surface area contributed by atoms with Gasteiger partial charge >= 0.3 is 0 Å². The van der Waals surface area contributed by atoms with Crippen LogP contribution in [0.5, 0.6) is 0 Å². The fourth-order valence-corrected chi connectivity index (χ4v) is 2.04. The second-order valence-electron chi connectivity index (χ2n) is 5.81. The van der Waals surface area contributed by atoms with Crippen LogP contribution in [0.15, 0.2) is 41.5 Å². The van der Waals surface area contributed by atoms with Crippen LogP contribution in [-0.2, 0) is 5.54 Å². The van der Waals surface area contributed by atoms with Crippen LogP contribution in [0.25, 0.3) is 0 Å². The summed E-state index contributed by atoms with van der Waals surface area (Å²) >= 11 is 0. The van der Waals surface area contributed by atoms with Crippen LogP contribution in [0, 0.1) is 11.3 Å². The summed E-state index contributed by atoms with van der Waals surface area (Å²) in [4.78, 5) is 18.5. The van der Waals surface area contributed by atoms with Crippen LogP contribution < -0.4 is 10.5 Å². The van der Waals surface area contributed by atoms with Crippen LogP contribution in [0.1, 0.15) is 26.3 Å². The minimum atomic E-state index is -0.305. The summed E-state index contributed by atoms with van der Waals surface area (Å²) in [5.41, 5.74) is 0.947. The number of benzene rings is 1. The van der Waals surface area contributed by atoms with Crippen LogP contribution >= 0.6 is 0 Å². The Kier molecular flexibility index (Phi) is 3.81. The highest BCUT2D eigenvalue weighted by molar-refractivity contribution is 5.59. The molecule has 0 aliphatic heterocycles. The molecule has 1 aromatic carbocycles. The Hall–Kier alpha value is -2.61. The average Bonchev–Trinajstić information content (AvgIpc) is 2.45. The zero-order valence-electron chi connectivity index (χ0n) is 12.7. The Labute approximate surface area is 124 Å². The van der Waals surface area contributed by atoms with E-state index in [0.29, 0.717) is 11.4 Å². The lowest BCUT2D eigenvalue weighted by Crippen LogP contribution is -2.36. The zero-order valence-corrected chi connectivity index (χ0v) is 12.7. The molecule has 2 aromatic rings. The minimum Gasteiger partial charge on any atom is -0.325 e. The van der Waals surface area contributed by atoms with Gasteiger partial charge in [0.25, 0.3) is 5.56 Å². The lowest BCUT2D eigenvalue weighted by Gasteiger charge is -2.24. The van der Waals surface area contributed by atoms with Gasteiger partial charge in [-0.3, -0.25) is 4.79 Å². The van der Waals surface area contributed by atoms with Gasteiger partial charge in [0.05, 0.1) is 11.6 Å². The first kappa shape index (κ1) is 14.8. The highest BCUT2D eigenvalue weighted by Gasteiger charge is 2.19. The van der Waals surface area contributed by atoms with E-state index in [1.807, 2.05) is 20.8 Å². The molecule has 0 aliphatic carbocycles. The Morgan fingerprint density at radius 2 is 1.86 bits per heavy atom. The Morgan fingerprint density at radius 3 is 2.38 bits per heavy atom. The maximum absolute atomic E-state index is 12.6. The fourth-order valence-electron chi connectivity index (χ4n) is 2.04. The van der Waals surface area contributed by atoms with E-state index in [0.717, 1.165) is 5.69 Å². The van der Waals surface area contributed by atoms with E-state index in [1.54, 1.807) is 53.2 Å². The van der Waals surface area contributed by atoms with Crippen molar-refractivity contribution in [1.82, 2.24) is 9.55 Å². The number of nitrogens with zero attached hydrogens (tertiary/aromatic N) is 4. The molecule has 0 aliphatic rings. The Morgan fingerprint density at radius 1 is 1.24 bits per heavy atom. The molecular formula is C16H18N4O. The topological polar surface area (TPSA) is 61.9 Å². The average molecular weight is 282 g/mol. The molecule has 0 unspecified atom stereocenters. The number of anilines is 2. The first-order valence-electron chi connectivity index (χ1n) is 6.66. The van der Waals surface area contributed by atoms with Crippen molar-refractivity contribution in [2.45, 2.75) is 26.3 Å². The molecule has 0 saturated carbocycles. The molecule has 108 valence electrons. The van der Waals surface area contributed by atoms with Gasteiger partial charge in [-0.15, -0.1) is 0 Å². The van der Waals surface area contributed by atoms with Crippen molar-refractivity contribution >= 4 is 11.5 Å². The van der Waals surface area contributed by atoms with Crippen molar-refractivity contribution in [3.05, 3.63) is 52.6 Å². The SMILES string of the molecule is CN(c1ccc(C#N)cc1)c1nccn(C(C)(C)C)c1=O. The van der Waals surface area contributed by atoms with Gasteiger partial charge in [-0.05, 0) is 45.0 Å². The lowest BCUT2D eigenvalue weighted by molar-refractivity contribution is 0.383. The lowest BCUT2D eigenvalue weighted by atomic mass is 10.1. The standard InChI is InChI=1S/C16H18N4O/c1-16(2,3)20-10-9-18-14(15(20)21)19(4)13-7-5-12(11-17)6-8-13/h5-10H,1-4H3. The minimum absolute atomic E-state index is 0.142. The second-order valence-corrected chi connectivity index (χ2v) is 5.81. The molecule has 0 saturated heterocycles. The number of rotatable bonds is 2. The molecule has 0 amide bonds. The quantitative estimate of drug-likeness (QED) is 0.849. The molecule has 0 atom stereocenters. The molecule has 5 nitrogen and oxygen atoms in total. The van der Waals surface area contributed by atoms with Gasteiger partial charge in [0, 0.05) is 30.7 Å². The molecule has 1 heterocycles. The van der Waals surface area contributed by atoms with E-state index in [4.69, 9.17) is 5.26 Å². The number of aromatic nitrogens is 2. The van der Waals surface area contributed by atoms with Crippen molar-refractivity contribution < 1.29 is 0 Å². The smallest absolute Gasteiger partial charge is 0.294 e. The fraction of sp³-hybridized carbons (Fsp3) is 0.312. The molecule has 21 heavy (non-hydrogen) atoms. The summed E-state index contributed by atoms with van der Waals surface area (Å²) in [5, 5.41) is 8.82. The molecule has 0 radical (unpaired) electrons. The summed E-state index contributed by atoms with van der Waals surface area (Å²) in [5.74, 6) is 0.358. The van der Waals surface area contributed by atoms with Crippen molar-refractivity contribution in [1.29, 1.82) is 5.26 Å². The Balaban J connectivity index is 2.46. The monoisotopic (exact) mass is 282 g/mol. The summed E-state index contributed by atoms with van der Waals surface area (Å²) in [6.45, 7) is 5.92. The number of nitriles is 1. The third-order valence-corrected chi connectivity index (χ3v) is 3.25. The third kappa shape index (κ3) is 2.95. The number of hydrogen-bond acceptors (Lipinski definition) is 4. The van der Waals surface area contributed by atoms with Crippen LogP contribution in [0.3, 0.4) is 0 Å². The van der Waals surface area contributed by atoms with Crippen LogP contribution in [0.4, 0.5) is 11.5 Å². The highest BCUT2D eigenvalue weighted by Crippen LogP contribution is 2.20. The molecule has 2 rings (SSSR count). The van der Waals surface area contributed by atoms with Crippen molar-refractivity contribution in [2.75, 3.05) is 11.9 Å². The molecule has 0 N–H and O–H groups in total. The summed E-state index contributed by atoms with van der Waals surface area (Å²) in [7, 11) is 1.79. The first-order valence-corrected chi connectivity index (χ1v) is 6.66. The normalized spacial score (nSPS) is 11.0. The van der Waals surface area contributed by atoms with E-state index in [2.05, 4.69) is 11.1 Å². The van der Waals surface area contributed by atoms with Gasteiger partial charge in [0.15, 0.2) is 5.82 Å². The highest BCUT2D eigenvalue weighted by atomic mass is 16.1. The predicted molar refractivity (Wildman–Crippen MR) is 82.7 cm³/mol. The van der Waals surface area contributed by atoms with E-state index in [-0.39, 0.29) is 11.1 Å². The van der Waals surface area contributed by atoms with Crippen LogP contribution in [0.2, 0.25) is 0 Å². The van der Waals surface area contributed by atoms with Gasteiger partial charge < -0.3 is 9.47 Å². The second kappa shape index (κ2) is 5.41. The first-order chi connectivity index (χ1) is 9.84. The molecule has 1 aromatic heterocycles. The summed E-state index contributed by atoms with van der Waals surface area (Å²) in [6, 6.07) is 9.11. The van der Waals surface area contributed by atoms with E-state index in [1.165, 1.54) is 0 Å². The largest absolute Gasteiger partial charge is 0.325 e. The Bertz CT molecular complexity index is 733. The van der Waals surface area contributed by atoms with E-state index in [9.17, 15) is 4.79 Å². The summed E-state index contributed by atoms with van der Waals surface area (Å²) < 4.78 is 1.66. The maximum Gasteiger partial charge on any atom is 0.294 e. The van der Waals surface area contributed by atoms with Crippen molar-refractivity contribution in [3.8, 4) is 6.07 Å². The van der Waals surface area contributed by atoms with E-state index >= 15 is 0 Å². The predicted octanol–water partition coefficient (Wildman–Crippen LogP) is 2.64. The maximum atomic E-state index is 12.6. The van der Waals surface area contributed by atoms with E-state index < -0.39 is 0 Å². The number of hydrogen-bond donors (Lipinski definition) is 0. The van der Waals surface area contributed by atoms with Gasteiger partial charge in [-0.2, -0.15) is 5.26 Å². The molecular weight excluding hydrogens is 264 g/mol. The molecule has 0 fully saturated rings. The molecule has 0 spiro atoms. The zero-order chi connectivity index (χ0) is 15.6. The van der Waals surface area contributed by atoms with Gasteiger partial charge in [0.2, 0.25) is 0 Å². The molecule has 5 heteroatoms.